The first kappa shape index (κ1) is 29.2. The van der Waals surface area contributed by atoms with Gasteiger partial charge in [-0.25, -0.2) is 8.42 Å². The molecular weight excluding hydrogens is 522 g/mol. The summed E-state index contributed by atoms with van der Waals surface area (Å²) < 4.78 is 28.6. The molecule has 0 spiro atoms. The molecule has 0 aliphatic carbocycles. The molecule has 202 valence electrons. The van der Waals surface area contributed by atoms with Crippen LogP contribution in [0, 0.1) is 6.92 Å². The molecule has 3 aromatic rings. The number of aryl methyl sites for hydroxylation is 1. The lowest BCUT2D eigenvalue weighted by atomic mass is 10.1. The average molecular weight is 556 g/mol. The smallest absolute Gasteiger partial charge is 0.264 e. The first-order valence-electron chi connectivity index (χ1n) is 12.3. The van der Waals surface area contributed by atoms with Crippen LogP contribution in [0.1, 0.15) is 38.8 Å². The zero-order chi connectivity index (χ0) is 28.1. The van der Waals surface area contributed by atoms with Gasteiger partial charge in [-0.3, -0.25) is 13.9 Å². The van der Waals surface area contributed by atoms with E-state index in [1.165, 1.54) is 17.0 Å². The van der Waals surface area contributed by atoms with Crippen molar-refractivity contribution in [3.8, 4) is 0 Å². The lowest BCUT2D eigenvalue weighted by molar-refractivity contribution is -0.140. The van der Waals surface area contributed by atoms with E-state index in [1.54, 1.807) is 73.7 Å². The highest BCUT2D eigenvalue weighted by Gasteiger charge is 2.33. The predicted molar refractivity (Wildman–Crippen MR) is 152 cm³/mol. The van der Waals surface area contributed by atoms with Crippen molar-refractivity contribution in [3.63, 3.8) is 0 Å². The van der Waals surface area contributed by atoms with E-state index in [0.29, 0.717) is 16.3 Å². The molecule has 0 aliphatic heterocycles. The topological polar surface area (TPSA) is 86.8 Å². The summed E-state index contributed by atoms with van der Waals surface area (Å²) in [7, 11) is -4.10. The summed E-state index contributed by atoms with van der Waals surface area (Å²) in [5.41, 5.74) is 1.38. The second-order valence-electron chi connectivity index (χ2n) is 10.2. The standard InChI is InChI=1S/C29H34ClN3O4S/c1-21-15-17-25(18-16-21)38(36,37)33(24-12-7-6-8-13-24)20-27(34)32(19-23-11-9-10-14-26(23)30)22(2)28(35)31-29(3,4)5/h6-18,22H,19-20H2,1-5H3,(H,31,35)/t22-/m1/s1. The van der Waals surface area contributed by atoms with Gasteiger partial charge in [0, 0.05) is 17.1 Å². The molecule has 0 bridgehead atoms. The Hall–Kier alpha value is -3.36. The van der Waals surface area contributed by atoms with Gasteiger partial charge >= 0.3 is 0 Å². The molecular formula is C29H34ClN3O4S. The Labute approximate surface area is 230 Å². The van der Waals surface area contributed by atoms with Crippen molar-refractivity contribution in [2.45, 2.75) is 57.6 Å². The first-order chi connectivity index (χ1) is 17.8. The third-order valence-electron chi connectivity index (χ3n) is 5.90. The quantitative estimate of drug-likeness (QED) is 0.394. The van der Waals surface area contributed by atoms with Crippen molar-refractivity contribution in [1.29, 1.82) is 0 Å². The molecule has 0 aliphatic rings. The molecule has 3 aromatic carbocycles. The van der Waals surface area contributed by atoms with E-state index in [-0.39, 0.29) is 17.3 Å². The molecule has 1 N–H and O–H groups in total. The number of halogens is 1. The van der Waals surface area contributed by atoms with E-state index in [2.05, 4.69) is 5.32 Å². The highest BCUT2D eigenvalue weighted by Crippen LogP contribution is 2.25. The maximum absolute atomic E-state index is 13.9. The van der Waals surface area contributed by atoms with Gasteiger partial charge in [-0.1, -0.05) is 65.7 Å². The summed E-state index contributed by atoms with van der Waals surface area (Å²) in [6.07, 6.45) is 0. The van der Waals surface area contributed by atoms with E-state index in [1.807, 2.05) is 27.7 Å². The molecule has 9 heteroatoms. The van der Waals surface area contributed by atoms with Crippen LogP contribution in [0.15, 0.2) is 83.8 Å². The normalized spacial score (nSPS) is 12.5. The highest BCUT2D eigenvalue weighted by atomic mass is 35.5. The van der Waals surface area contributed by atoms with Gasteiger partial charge in [0.25, 0.3) is 10.0 Å². The SMILES string of the molecule is Cc1ccc(S(=O)(=O)N(CC(=O)N(Cc2ccccc2Cl)[C@H](C)C(=O)NC(C)(C)C)c2ccccc2)cc1. The molecule has 3 rings (SSSR count). The molecule has 7 nitrogen and oxygen atoms in total. The molecule has 0 fully saturated rings. The number of para-hydroxylation sites is 1. The average Bonchev–Trinajstić information content (AvgIpc) is 2.86. The van der Waals surface area contributed by atoms with Crippen molar-refractivity contribution < 1.29 is 18.0 Å². The minimum absolute atomic E-state index is 0.0322. The zero-order valence-corrected chi connectivity index (χ0v) is 23.9. The monoisotopic (exact) mass is 555 g/mol. The van der Waals surface area contributed by atoms with Crippen LogP contribution in [-0.4, -0.2) is 43.3 Å². The van der Waals surface area contributed by atoms with Gasteiger partial charge in [-0.05, 0) is 70.5 Å². The third-order valence-corrected chi connectivity index (χ3v) is 8.05. The van der Waals surface area contributed by atoms with Crippen molar-refractivity contribution in [3.05, 3.63) is 95.0 Å². The van der Waals surface area contributed by atoms with Gasteiger partial charge in [-0.2, -0.15) is 0 Å². The fourth-order valence-corrected chi connectivity index (χ4v) is 5.44. The van der Waals surface area contributed by atoms with E-state index in [4.69, 9.17) is 11.6 Å². The maximum atomic E-state index is 13.9. The van der Waals surface area contributed by atoms with Crippen molar-refractivity contribution >= 4 is 39.1 Å². The number of hydrogen-bond donors (Lipinski definition) is 1. The molecule has 0 saturated carbocycles. The number of anilines is 1. The Bertz CT molecular complexity index is 1370. The Morgan fingerprint density at radius 2 is 1.50 bits per heavy atom. The van der Waals surface area contributed by atoms with Crippen LogP contribution in [-0.2, 0) is 26.2 Å². The summed E-state index contributed by atoms with van der Waals surface area (Å²) in [4.78, 5) is 28.4. The van der Waals surface area contributed by atoms with E-state index in [9.17, 15) is 18.0 Å². The van der Waals surface area contributed by atoms with Gasteiger partial charge in [0.15, 0.2) is 0 Å². The van der Waals surface area contributed by atoms with Crippen molar-refractivity contribution in [1.82, 2.24) is 10.2 Å². The third kappa shape index (κ3) is 7.36. The second kappa shape index (κ2) is 12.0. The predicted octanol–water partition coefficient (Wildman–Crippen LogP) is 5.18. The summed E-state index contributed by atoms with van der Waals surface area (Å²) in [5, 5.41) is 3.35. The summed E-state index contributed by atoms with van der Waals surface area (Å²) in [6.45, 7) is 8.57. The summed E-state index contributed by atoms with van der Waals surface area (Å²) >= 11 is 6.39. The summed E-state index contributed by atoms with van der Waals surface area (Å²) in [5.74, 6) is -0.897. The van der Waals surface area contributed by atoms with E-state index in [0.717, 1.165) is 9.87 Å². The molecule has 2 amide bonds. The van der Waals surface area contributed by atoms with Crippen LogP contribution in [0.4, 0.5) is 5.69 Å². The first-order valence-corrected chi connectivity index (χ1v) is 14.1. The minimum Gasteiger partial charge on any atom is -0.350 e. The molecule has 0 heterocycles. The Kier molecular flexibility index (Phi) is 9.22. The number of amides is 2. The Morgan fingerprint density at radius 1 is 0.921 bits per heavy atom. The number of benzene rings is 3. The number of carbonyl (C=O) groups excluding carboxylic acids is 2. The van der Waals surface area contributed by atoms with Crippen LogP contribution in [0.2, 0.25) is 5.02 Å². The molecule has 0 radical (unpaired) electrons. The lowest BCUT2D eigenvalue weighted by Crippen LogP contribution is -2.54. The fraction of sp³-hybridized carbons (Fsp3) is 0.310. The van der Waals surface area contributed by atoms with Gasteiger partial charge in [0.1, 0.15) is 12.6 Å². The maximum Gasteiger partial charge on any atom is 0.264 e. The second-order valence-corrected chi connectivity index (χ2v) is 12.5. The van der Waals surface area contributed by atoms with Crippen LogP contribution in [0.5, 0.6) is 0 Å². The van der Waals surface area contributed by atoms with E-state index < -0.39 is 34.1 Å². The largest absolute Gasteiger partial charge is 0.350 e. The van der Waals surface area contributed by atoms with Gasteiger partial charge < -0.3 is 10.2 Å². The minimum atomic E-state index is -4.10. The number of carbonyl (C=O) groups is 2. The van der Waals surface area contributed by atoms with Gasteiger partial charge in [0.2, 0.25) is 11.8 Å². The van der Waals surface area contributed by atoms with Gasteiger partial charge in [0.05, 0.1) is 10.6 Å². The number of rotatable bonds is 9. The van der Waals surface area contributed by atoms with Crippen LogP contribution in [0.3, 0.4) is 0 Å². The zero-order valence-electron chi connectivity index (χ0n) is 22.3. The molecule has 0 unspecified atom stereocenters. The lowest BCUT2D eigenvalue weighted by Gasteiger charge is -2.33. The highest BCUT2D eigenvalue weighted by molar-refractivity contribution is 7.92. The molecule has 0 saturated heterocycles. The number of hydrogen-bond acceptors (Lipinski definition) is 4. The van der Waals surface area contributed by atoms with Crippen molar-refractivity contribution in [2.75, 3.05) is 10.8 Å². The van der Waals surface area contributed by atoms with Gasteiger partial charge in [-0.15, -0.1) is 0 Å². The number of sulfonamides is 1. The molecule has 38 heavy (non-hydrogen) atoms. The Morgan fingerprint density at radius 3 is 2.08 bits per heavy atom. The van der Waals surface area contributed by atoms with Crippen LogP contribution < -0.4 is 9.62 Å². The Balaban J connectivity index is 2.02. The van der Waals surface area contributed by atoms with Crippen LogP contribution in [0.25, 0.3) is 0 Å². The molecule has 0 aromatic heterocycles. The number of nitrogens with one attached hydrogen (secondary N) is 1. The fourth-order valence-electron chi connectivity index (χ4n) is 3.83. The number of nitrogens with zero attached hydrogens (tertiary/aromatic N) is 2. The summed E-state index contributed by atoms with van der Waals surface area (Å²) in [6, 6.07) is 21.1. The molecule has 1 atom stereocenters. The van der Waals surface area contributed by atoms with Crippen LogP contribution >= 0.6 is 11.6 Å². The van der Waals surface area contributed by atoms with E-state index >= 15 is 0 Å². The van der Waals surface area contributed by atoms with Crippen molar-refractivity contribution in [2.24, 2.45) is 0 Å².